The zero-order chi connectivity index (χ0) is 18.9. The summed E-state index contributed by atoms with van der Waals surface area (Å²) in [6.45, 7) is 1.80. The number of ether oxygens (including phenoxy) is 1. The molecule has 0 bridgehead atoms. The first-order chi connectivity index (χ1) is 12.3. The van der Waals surface area contributed by atoms with Crippen molar-refractivity contribution in [2.24, 2.45) is 0 Å². The molecule has 3 rings (SSSR count). The highest BCUT2D eigenvalue weighted by Crippen LogP contribution is 2.29. The molecule has 0 aliphatic heterocycles. The van der Waals surface area contributed by atoms with Gasteiger partial charge in [-0.05, 0) is 49.4 Å². The van der Waals surface area contributed by atoms with Gasteiger partial charge in [-0.25, -0.2) is 8.42 Å². The molecule has 0 aliphatic carbocycles. The molecule has 1 aromatic heterocycles. The van der Waals surface area contributed by atoms with Gasteiger partial charge in [-0.3, -0.25) is 9.52 Å². The number of carbonyl (C=O) groups is 1. The Kier molecular flexibility index (Phi) is 4.60. The van der Waals surface area contributed by atoms with Crippen LogP contribution in [0.5, 0.6) is 5.75 Å². The third-order valence-electron chi connectivity index (χ3n) is 3.80. The van der Waals surface area contributed by atoms with E-state index >= 15 is 0 Å². The number of amides is 1. The minimum absolute atomic E-state index is 0.214. The van der Waals surface area contributed by atoms with E-state index in [-0.39, 0.29) is 11.7 Å². The Bertz CT molecular complexity index is 1070. The Hall–Kier alpha value is -3.00. The van der Waals surface area contributed by atoms with Crippen LogP contribution in [0.15, 0.2) is 46.9 Å². The van der Waals surface area contributed by atoms with E-state index in [2.05, 4.69) is 10.0 Å². The molecule has 0 atom stereocenters. The monoisotopic (exact) mass is 374 g/mol. The molecule has 0 aliphatic rings. The quantitative estimate of drug-likeness (QED) is 0.713. The van der Waals surface area contributed by atoms with Gasteiger partial charge in [0.1, 0.15) is 11.3 Å². The molecule has 2 N–H and O–H groups in total. The molecule has 3 aromatic rings. The summed E-state index contributed by atoms with van der Waals surface area (Å²) in [4.78, 5) is 12.5. The van der Waals surface area contributed by atoms with Crippen LogP contribution in [-0.2, 0) is 10.0 Å². The molecule has 2 aromatic carbocycles. The van der Waals surface area contributed by atoms with Crippen molar-refractivity contribution in [3.63, 3.8) is 0 Å². The van der Waals surface area contributed by atoms with E-state index in [0.29, 0.717) is 28.3 Å². The molecule has 0 spiro atoms. The summed E-state index contributed by atoms with van der Waals surface area (Å²) in [5.41, 5.74) is 2.25. The molecular weight excluding hydrogens is 356 g/mol. The number of benzene rings is 2. The third-order valence-corrected chi connectivity index (χ3v) is 4.40. The fourth-order valence-electron chi connectivity index (χ4n) is 2.57. The van der Waals surface area contributed by atoms with Crippen LogP contribution in [0.4, 0.5) is 11.4 Å². The summed E-state index contributed by atoms with van der Waals surface area (Å²) in [5.74, 6) is 0.510. The van der Waals surface area contributed by atoms with Gasteiger partial charge in [-0.2, -0.15) is 0 Å². The van der Waals surface area contributed by atoms with Crippen LogP contribution in [0.3, 0.4) is 0 Å². The van der Waals surface area contributed by atoms with Crippen LogP contribution in [0.1, 0.15) is 16.1 Å². The SMILES string of the molecule is COc1ccc2oc(C(=O)Nc3ccc(NS(C)(=O)=O)cc3)c(C)c2c1. The smallest absolute Gasteiger partial charge is 0.291 e. The number of sulfonamides is 1. The number of aryl methyl sites for hydroxylation is 1. The lowest BCUT2D eigenvalue weighted by Crippen LogP contribution is -2.12. The summed E-state index contributed by atoms with van der Waals surface area (Å²) in [6, 6.07) is 11.7. The van der Waals surface area contributed by atoms with E-state index < -0.39 is 10.0 Å². The maximum atomic E-state index is 12.5. The Labute approximate surface area is 151 Å². The number of furan rings is 1. The molecule has 1 amide bonds. The minimum atomic E-state index is -3.34. The maximum Gasteiger partial charge on any atom is 0.291 e. The molecule has 7 nitrogen and oxygen atoms in total. The molecule has 26 heavy (non-hydrogen) atoms. The topological polar surface area (TPSA) is 97.6 Å². The molecule has 0 radical (unpaired) electrons. The number of anilines is 2. The van der Waals surface area contributed by atoms with Gasteiger partial charge in [0.2, 0.25) is 10.0 Å². The van der Waals surface area contributed by atoms with Crippen molar-refractivity contribution >= 4 is 38.3 Å². The van der Waals surface area contributed by atoms with Crippen LogP contribution in [0, 0.1) is 6.92 Å². The second-order valence-electron chi connectivity index (χ2n) is 5.82. The standard InChI is InChI=1S/C18H18N2O5S/c1-11-15-10-14(24-2)8-9-16(15)25-17(11)18(21)19-12-4-6-13(7-5-12)20-26(3,22)23/h4-10,20H,1-3H3,(H,19,21). The molecule has 8 heteroatoms. The lowest BCUT2D eigenvalue weighted by atomic mass is 10.1. The van der Waals surface area contributed by atoms with Crippen LogP contribution >= 0.6 is 0 Å². The summed E-state index contributed by atoms with van der Waals surface area (Å²) >= 11 is 0. The van der Waals surface area contributed by atoms with Crippen LogP contribution in [0.25, 0.3) is 11.0 Å². The highest BCUT2D eigenvalue weighted by molar-refractivity contribution is 7.92. The Morgan fingerprint density at radius 3 is 2.35 bits per heavy atom. The molecule has 1 heterocycles. The Balaban J connectivity index is 1.82. The maximum absolute atomic E-state index is 12.5. The van der Waals surface area contributed by atoms with Crippen molar-refractivity contribution in [1.29, 1.82) is 0 Å². The van der Waals surface area contributed by atoms with Crippen molar-refractivity contribution in [3.05, 3.63) is 53.8 Å². The molecular formula is C18H18N2O5S. The van der Waals surface area contributed by atoms with Crippen LogP contribution in [0.2, 0.25) is 0 Å². The second kappa shape index (κ2) is 6.72. The van der Waals surface area contributed by atoms with E-state index in [9.17, 15) is 13.2 Å². The fourth-order valence-corrected chi connectivity index (χ4v) is 3.13. The van der Waals surface area contributed by atoms with Crippen LogP contribution < -0.4 is 14.8 Å². The predicted octanol–water partition coefficient (Wildman–Crippen LogP) is 3.37. The van der Waals surface area contributed by atoms with Gasteiger partial charge in [0.05, 0.1) is 13.4 Å². The van der Waals surface area contributed by atoms with Crippen LogP contribution in [-0.4, -0.2) is 27.7 Å². The highest BCUT2D eigenvalue weighted by Gasteiger charge is 2.18. The third kappa shape index (κ3) is 3.80. The number of hydrogen-bond donors (Lipinski definition) is 2. The van der Waals surface area contributed by atoms with Crippen molar-refractivity contribution in [2.75, 3.05) is 23.4 Å². The zero-order valence-corrected chi connectivity index (χ0v) is 15.3. The van der Waals surface area contributed by atoms with Crippen molar-refractivity contribution in [2.45, 2.75) is 6.92 Å². The number of carbonyl (C=O) groups excluding carboxylic acids is 1. The molecule has 0 fully saturated rings. The first-order valence-electron chi connectivity index (χ1n) is 7.73. The normalized spacial score (nSPS) is 11.3. The Morgan fingerprint density at radius 1 is 1.08 bits per heavy atom. The van der Waals surface area contributed by atoms with E-state index in [1.807, 2.05) is 6.07 Å². The summed E-state index contributed by atoms with van der Waals surface area (Å²) in [6.07, 6.45) is 1.07. The summed E-state index contributed by atoms with van der Waals surface area (Å²) in [5, 5.41) is 3.55. The average Bonchev–Trinajstić information content (AvgIpc) is 2.92. The van der Waals surface area contributed by atoms with E-state index in [0.717, 1.165) is 11.6 Å². The first kappa shape index (κ1) is 17.8. The van der Waals surface area contributed by atoms with E-state index in [1.165, 1.54) is 0 Å². The number of nitrogens with one attached hydrogen (secondary N) is 2. The zero-order valence-electron chi connectivity index (χ0n) is 14.5. The summed E-state index contributed by atoms with van der Waals surface area (Å²) < 4.78 is 35.6. The van der Waals surface area contributed by atoms with Crippen molar-refractivity contribution in [1.82, 2.24) is 0 Å². The van der Waals surface area contributed by atoms with Gasteiger partial charge in [0, 0.05) is 22.3 Å². The molecule has 136 valence electrons. The lowest BCUT2D eigenvalue weighted by Gasteiger charge is -2.07. The number of methoxy groups -OCH3 is 1. The number of fused-ring (bicyclic) bond motifs is 1. The van der Waals surface area contributed by atoms with Gasteiger partial charge in [0.25, 0.3) is 5.91 Å². The second-order valence-corrected chi connectivity index (χ2v) is 7.57. The van der Waals surface area contributed by atoms with Gasteiger partial charge < -0.3 is 14.5 Å². The van der Waals surface area contributed by atoms with Gasteiger partial charge in [0.15, 0.2) is 5.76 Å². The highest BCUT2D eigenvalue weighted by atomic mass is 32.2. The molecule has 0 saturated carbocycles. The minimum Gasteiger partial charge on any atom is -0.497 e. The fraction of sp³-hybridized carbons (Fsp3) is 0.167. The van der Waals surface area contributed by atoms with E-state index in [1.54, 1.807) is 50.4 Å². The molecule has 0 unspecified atom stereocenters. The molecule has 0 saturated heterocycles. The van der Waals surface area contributed by atoms with Gasteiger partial charge in [-0.15, -0.1) is 0 Å². The van der Waals surface area contributed by atoms with Crippen molar-refractivity contribution in [3.8, 4) is 5.75 Å². The van der Waals surface area contributed by atoms with Crippen molar-refractivity contribution < 1.29 is 22.4 Å². The summed E-state index contributed by atoms with van der Waals surface area (Å²) in [7, 11) is -1.77. The van der Waals surface area contributed by atoms with E-state index in [4.69, 9.17) is 9.15 Å². The number of rotatable bonds is 5. The van der Waals surface area contributed by atoms with Gasteiger partial charge >= 0.3 is 0 Å². The largest absolute Gasteiger partial charge is 0.497 e. The predicted molar refractivity (Wildman–Crippen MR) is 100 cm³/mol. The number of hydrogen-bond acceptors (Lipinski definition) is 5. The van der Waals surface area contributed by atoms with Gasteiger partial charge in [-0.1, -0.05) is 0 Å². The Morgan fingerprint density at radius 2 is 1.73 bits per heavy atom. The average molecular weight is 374 g/mol. The lowest BCUT2D eigenvalue weighted by molar-refractivity contribution is 0.0998. The first-order valence-corrected chi connectivity index (χ1v) is 9.62.